The molecule has 0 unspecified atom stereocenters. The van der Waals surface area contributed by atoms with Crippen molar-refractivity contribution in [3.05, 3.63) is 53.6 Å². The maximum absolute atomic E-state index is 13.6. The van der Waals surface area contributed by atoms with Crippen LogP contribution >= 0.6 is 0 Å². The number of nitrogens with zero attached hydrogens (tertiary/aromatic N) is 6. The van der Waals surface area contributed by atoms with Crippen molar-refractivity contribution < 1.29 is 24.5 Å². The van der Waals surface area contributed by atoms with E-state index in [2.05, 4.69) is 44.4 Å². The standard InChI is InChI=1S/C27H34N10O5/c1-25(2)8-11-42-18-14(6-4-7-15(18)25)21(38)33-17-13-37-24(29)32-16(12-36(3)22(39)20-30-9-5-10-31-20)19-26(37,27(17,40)41)35-23(28)34-19/h4-7,9-10,16-17,19,40-41H,8,11-13H2,1-3H3,(H2,29,32)(H,33,38)(H3,28,34,35)/t16-,17-,19-,26-/m0/s1. The highest BCUT2D eigenvalue weighted by molar-refractivity contribution is 5.98. The zero-order valence-corrected chi connectivity index (χ0v) is 23.5. The molecule has 5 heterocycles. The van der Waals surface area contributed by atoms with Crippen LogP contribution < -0.4 is 26.8 Å². The summed E-state index contributed by atoms with van der Waals surface area (Å²) in [5, 5.41) is 29.2. The van der Waals surface area contributed by atoms with E-state index in [4.69, 9.17) is 16.2 Å². The number of nitrogens with two attached hydrogens (primary N) is 2. The first-order chi connectivity index (χ1) is 19.9. The summed E-state index contributed by atoms with van der Waals surface area (Å²) in [6.45, 7) is 4.51. The molecule has 1 fully saturated rings. The van der Waals surface area contributed by atoms with Gasteiger partial charge in [0.2, 0.25) is 11.6 Å². The van der Waals surface area contributed by atoms with Crippen LogP contribution in [0.4, 0.5) is 0 Å². The van der Waals surface area contributed by atoms with E-state index < -0.39 is 41.4 Å². The van der Waals surface area contributed by atoms with Gasteiger partial charge in [0.15, 0.2) is 17.6 Å². The third kappa shape index (κ3) is 4.02. The molecule has 2 amide bonds. The Labute approximate surface area is 241 Å². The average Bonchev–Trinajstić information content (AvgIpc) is 3.42. The number of ether oxygens (including phenoxy) is 1. The molecule has 15 heteroatoms. The van der Waals surface area contributed by atoms with Crippen molar-refractivity contribution in [2.24, 2.45) is 21.5 Å². The van der Waals surface area contributed by atoms with Gasteiger partial charge in [0.1, 0.15) is 17.8 Å². The Balaban J connectivity index is 1.28. The van der Waals surface area contributed by atoms with Gasteiger partial charge < -0.3 is 46.9 Å². The van der Waals surface area contributed by atoms with E-state index in [-0.39, 0.29) is 41.8 Å². The van der Waals surface area contributed by atoms with Gasteiger partial charge in [0, 0.05) is 38.1 Å². The van der Waals surface area contributed by atoms with Crippen LogP contribution in [0.3, 0.4) is 0 Å². The Hall–Kier alpha value is -4.50. The smallest absolute Gasteiger partial charge is 0.291 e. The highest BCUT2D eigenvalue weighted by atomic mass is 16.5. The SMILES string of the molecule is CN(C[C@@H]1N=C(N)N2C[C@H](NC(=O)c3cccc4c3OCCC4(C)C)C(O)(O)[C@@]23NC(N)=N[C@@H]13)C(=O)c1ncccn1. The summed E-state index contributed by atoms with van der Waals surface area (Å²) in [5.41, 5.74) is 11.7. The second kappa shape index (κ2) is 9.52. The number of fused-ring (bicyclic) bond motifs is 1. The van der Waals surface area contributed by atoms with Crippen molar-refractivity contribution >= 4 is 23.7 Å². The maximum Gasteiger partial charge on any atom is 0.291 e. The number of aromatic nitrogens is 2. The number of aliphatic imine (C=N–C) groups is 2. The van der Waals surface area contributed by atoms with E-state index in [0.29, 0.717) is 12.4 Å². The molecule has 1 spiro atoms. The molecule has 222 valence electrons. The number of para-hydroxylation sites is 1. The van der Waals surface area contributed by atoms with Gasteiger partial charge in [0.05, 0.1) is 18.2 Å². The summed E-state index contributed by atoms with van der Waals surface area (Å²) in [4.78, 5) is 46.3. The number of amides is 2. The molecule has 8 N–H and O–H groups in total. The molecule has 4 atom stereocenters. The summed E-state index contributed by atoms with van der Waals surface area (Å²) < 4.78 is 5.90. The summed E-state index contributed by atoms with van der Waals surface area (Å²) in [6, 6.07) is 3.90. The maximum atomic E-state index is 13.6. The first-order valence-electron chi connectivity index (χ1n) is 13.6. The molecule has 4 aliphatic rings. The zero-order valence-electron chi connectivity index (χ0n) is 23.5. The van der Waals surface area contributed by atoms with Crippen molar-refractivity contribution in [3.8, 4) is 5.75 Å². The predicted octanol–water partition coefficient (Wildman–Crippen LogP) is -1.92. The molecule has 42 heavy (non-hydrogen) atoms. The highest BCUT2D eigenvalue weighted by Gasteiger charge is 2.73. The minimum Gasteiger partial charge on any atom is -0.492 e. The number of carbonyl (C=O) groups excluding carboxylic acids is 2. The fourth-order valence-corrected chi connectivity index (χ4v) is 6.36. The second-order valence-corrected chi connectivity index (χ2v) is 11.7. The number of hydrogen-bond acceptors (Lipinski definition) is 13. The number of rotatable bonds is 5. The lowest BCUT2D eigenvalue weighted by Crippen LogP contribution is -2.78. The number of hydrogen-bond donors (Lipinski definition) is 6. The summed E-state index contributed by atoms with van der Waals surface area (Å²) in [5.74, 6) is -3.25. The van der Waals surface area contributed by atoms with E-state index in [1.807, 2.05) is 6.07 Å². The molecule has 6 rings (SSSR count). The minimum atomic E-state index is -2.63. The van der Waals surface area contributed by atoms with Crippen LogP contribution in [-0.4, -0.2) is 110 Å². The van der Waals surface area contributed by atoms with Crippen LogP contribution in [0.15, 0.2) is 46.6 Å². The van der Waals surface area contributed by atoms with Gasteiger partial charge in [-0.3, -0.25) is 9.59 Å². The molecular weight excluding hydrogens is 544 g/mol. The Morgan fingerprint density at radius 1 is 1.19 bits per heavy atom. The summed E-state index contributed by atoms with van der Waals surface area (Å²) in [7, 11) is 1.55. The van der Waals surface area contributed by atoms with Crippen LogP contribution in [0.25, 0.3) is 0 Å². The lowest BCUT2D eigenvalue weighted by Gasteiger charge is -2.49. The van der Waals surface area contributed by atoms with Gasteiger partial charge in [-0.2, -0.15) is 0 Å². The van der Waals surface area contributed by atoms with Crippen molar-refractivity contribution in [3.63, 3.8) is 0 Å². The number of aliphatic hydroxyl groups is 2. The Bertz CT molecular complexity index is 1500. The topological polar surface area (TPSA) is 217 Å². The van der Waals surface area contributed by atoms with Crippen molar-refractivity contribution in [2.45, 2.75) is 55.3 Å². The fourth-order valence-electron chi connectivity index (χ4n) is 6.36. The lowest BCUT2D eigenvalue weighted by atomic mass is 9.79. The summed E-state index contributed by atoms with van der Waals surface area (Å²) in [6.07, 6.45) is 3.72. The number of nitrogens with one attached hydrogen (secondary N) is 2. The van der Waals surface area contributed by atoms with Gasteiger partial charge in [0.25, 0.3) is 11.8 Å². The molecule has 0 radical (unpaired) electrons. The van der Waals surface area contributed by atoms with Gasteiger partial charge >= 0.3 is 0 Å². The summed E-state index contributed by atoms with van der Waals surface area (Å²) >= 11 is 0. The monoisotopic (exact) mass is 578 g/mol. The van der Waals surface area contributed by atoms with Crippen molar-refractivity contribution in [2.75, 3.05) is 26.7 Å². The van der Waals surface area contributed by atoms with Crippen LogP contribution in [0, 0.1) is 0 Å². The molecule has 0 saturated carbocycles. The van der Waals surface area contributed by atoms with Gasteiger partial charge in [-0.1, -0.05) is 26.0 Å². The van der Waals surface area contributed by atoms with Gasteiger partial charge in [-0.05, 0) is 24.0 Å². The van der Waals surface area contributed by atoms with Crippen molar-refractivity contribution in [1.82, 2.24) is 30.4 Å². The number of benzene rings is 1. The third-order valence-electron chi connectivity index (χ3n) is 8.63. The molecular formula is C27H34N10O5. The third-order valence-corrected chi connectivity index (χ3v) is 8.63. The van der Waals surface area contributed by atoms with Gasteiger partial charge in [-0.15, -0.1) is 0 Å². The zero-order chi connectivity index (χ0) is 30.0. The molecule has 4 aliphatic heterocycles. The Morgan fingerprint density at radius 3 is 2.67 bits per heavy atom. The number of carbonyl (C=O) groups is 2. The van der Waals surface area contributed by atoms with Crippen LogP contribution in [0.1, 0.15) is 46.8 Å². The highest BCUT2D eigenvalue weighted by Crippen LogP contribution is 2.45. The fraction of sp³-hybridized carbons (Fsp3) is 0.481. The molecule has 0 aliphatic carbocycles. The second-order valence-electron chi connectivity index (χ2n) is 11.7. The Morgan fingerprint density at radius 2 is 1.93 bits per heavy atom. The molecule has 2 aromatic rings. The Kier molecular flexibility index (Phi) is 6.27. The minimum absolute atomic E-state index is 0.00515. The first-order valence-corrected chi connectivity index (χ1v) is 13.6. The van der Waals surface area contributed by atoms with E-state index >= 15 is 0 Å². The van der Waals surface area contributed by atoms with Crippen LogP contribution in [0.2, 0.25) is 0 Å². The molecule has 1 aromatic carbocycles. The number of likely N-dealkylation sites (N-methyl/N-ethyl adjacent to an activating group) is 1. The molecule has 1 aromatic heterocycles. The molecule has 0 bridgehead atoms. The van der Waals surface area contributed by atoms with E-state index in [0.717, 1.165) is 12.0 Å². The molecule has 15 nitrogen and oxygen atoms in total. The van der Waals surface area contributed by atoms with Crippen LogP contribution in [0.5, 0.6) is 5.75 Å². The first kappa shape index (κ1) is 27.7. The van der Waals surface area contributed by atoms with E-state index in [1.54, 1.807) is 25.2 Å². The van der Waals surface area contributed by atoms with Crippen molar-refractivity contribution in [1.29, 1.82) is 0 Å². The lowest BCUT2D eigenvalue weighted by molar-refractivity contribution is -0.230. The normalized spacial score (nSPS) is 28.2. The van der Waals surface area contributed by atoms with Crippen LogP contribution in [-0.2, 0) is 5.41 Å². The largest absolute Gasteiger partial charge is 0.492 e. The van der Waals surface area contributed by atoms with Gasteiger partial charge in [-0.25, -0.2) is 20.0 Å². The predicted molar refractivity (Wildman–Crippen MR) is 150 cm³/mol. The quantitative estimate of drug-likeness (QED) is 0.215. The average molecular weight is 579 g/mol. The molecule has 1 saturated heterocycles. The number of guanidine groups is 2. The van der Waals surface area contributed by atoms with E-state index in [9.17, 15) is 19.8 Å². The van der Waals surface area contributed by atoms with E-state index in [1.165, 1.54) is 22.2 Å².